The third kappa shape index (κ3) is 3.52. The average Bonchev–Trinajstić information content (AvgIpc) is 3.21. The van der Waals surface area contributed by atoms with Crippen LogP contribution in [0.4, 0.5) is 13.2 Å². The van der Waals surface area contributed by atoms with Crippen molar-refractivity contribution in [3.8, 4) is 11.4 Å². The number of alkyl halides is 3. The number of halogens is 4. The minimum Gasteiger partial charge on any atom is -0.379 e. The van der Waals surface area contributed by atoms with Crippen molar-refractivity contribution in [2.75, 3.05) is 13.2 Å². The zero-order valence-electron chi connectivity index (χ0n) is 13.9. The van der Waals surface area contributed by atoms with E-state index in [4.69, 9.17) is 10.5 Å². The molecule has 27 heavy (non-hydrogen) atoms. The van der Waals surface area contributed by atoms with Crippen LogP contribution in [-0.2, 0) is 17.5 Å². The predicted octanol–water partition coefficient (Wildman–Crippen LogP) is 2.25. The number of nitrogens with zero attached hydrogens (tertiary/aromatic N) is 3. The molecule has 0 unspecified atom stereocenters. The van der Waals surface area contributed by atoms with Gasteiger partial charge in [0.2, 0.25) is 5.82 Å². The average molecular weight is 405 g/mol. The quantitative estimate of drug-likeness (QED) is 0.825. The van der Waals surface area contributed by atoms with Crippen LogP contribution >= 0.6 is 12.4 Å². The molecule has 1 aromatic carbocycles. The fourth-order valence-electron chi connectivity index (χ4n) is 3.25. The monoisotopic (exact) mass is 404 g/mol. The molecule has 2 aliphatic rings. The van der Waals surface area contributed by atoms with Crippen LogP contribution in [0.1, 0.15) is 28.2 Å². The van der Waals surface area contributed by atoms with E-state index in [1.807, 2.05) is 0 Å². The lowest BCUT2D eigenvalue weighted by Gasteiger charge is -2.35. The molecule has 1 aromatic heterocycles. The van der Waals surface area contributed by atoms with Crippen molar-refractivity contribution in [3.63, 3.8) is 0 Å². The third-order valence-electron chi connectivity index (χ3n) is 4.65. The summed E-state index contributed by atoms with van der Waals surface area (Å²) < 4.78 is 47.5. The van der Waals surface area contributed by atoms with Gasteiger partial charge in [0.25, 0.3) is 5.91 Å². The summed E-state index contributed by atoms with van der Waals surface area (Å²) in [6.07, 6.45) is -4.05. The number of benzene rings is 1. The topological polar surface area (TPSA) is 94.5 Å². The highest BCUT2D eigenvalue weighted by Crippen LogP contribution is 2.32. The molecule has 4 rings (SSSR count). The lowest BCUT2D eigenvalue weighted by atomic mass is 10.0. The van der Waals surface area contributed by atoms with Crippen LogP contribution in [0.2, 0.25) is 0 Å². The Morgan fingerprint density at radius 1 is 1.30 bits per heavy atom. The second-order valence-electron chi connectivity index (χ2n) is 6.32. The number of ether oxygens (including phenoxy) is 1. The summed E-state index contributed by atoms with van der Waals surface area (Å²) in [5.74, 6) is -1.87. The molecule has 0 bridgehead atoms. The van der Waals surface area contributed by atoms with Gasteiger partial charge in [-0.3, -0.25) is 4.79 Å². The number of hydrogen-bond acceptors (Lipinski definition) is 6. The van der Waals surface area contributed by atoms with Gasteiger partial charge in [-0.2, -0.15) is 18.2 Å². The van der Waals surface area contributed by atoms with Gasteiger partial charge >= 0.3 is 12.1 Å². The van der Waals surface area contributed by atoms with Crippen molar-refractivity contribution in [2.24, 2.45) is 5.73 Å². The molecule has 0 radical (unpaired) electrons. The number of hydrogen-bond donors (Lipinski definition) is 1. The lowest BCUT2D eigenvalue weighted by Crippen LogP contribution is -2.53. The first-order valence-electron chi connectivity index (χ1n) is 8.03. The maximum Gasteiger partial charge on any atom is 0.471 e. The van der Waals surface area contributed by atoms with E-state index in [9.17, 15) is 18.0 Å². The Balaban J connectivity index is 0.00000210. The predicted molar refractivity (Wildman–Crippen MR) is 89.1 cm³/mol. The molecular formula is C16H16ClF3N4O3. The van der Waals surface area contributed by atoms with Gasteiger partial charge in [0.15, 0.2) is 0 Å². The number of aromatic nitrogens is 2. The van der Waals surface area contributed by atoms with Crippen LogP contribution in [0.3, 0.4) is 0 Å². The molecule has 3 heterocycles. The van der Waals surface area contributed by atoms with E-state index in [2.05, 4.69) is 14.7 Å². The number of carbonyl (C=O) groups is 1. The van der Waals surface area contributed by atoms with Crippen LogP contribution in [0.5, 0.6) is 0 Å². The molecular weight excluding hydrogens is 389 g/mol. The Labute approximate surface area is 158 Å². The van der Waals surface area contributed by atoms with E-state index in [0.717, 1.165) is 5.56 Å². The SMILES string of the molecule is Cl.N[C@@H]1CCOC[C@H]1N1Cc2ccc(-c3noc(C(F)(F)F)n3)cc2C1=O. The molecule has 1 fully saturated rings. The lowest BCUT2D eigenvalue weighted by molar-refractivity contribution is -0.159. The summed E-state index contributed by atoms with van der Waals surface area (Å²) in [5, 5.41) is 3.35. The van der Waals surface area contributed by atoms with Gasteiger partial charge in [0.1, 0.15) is 0 Å². The molecule has 0 aliphatic carbocycles. The van der Waals surface area contributed by atoms with Crippen LogP contribution in [-0.4, -0.2) is 46.2 Å². The molecule has 7 nitrogen and oxygen atoms in total. The summed E-state index contributed by atoms with van der Waals surface area (Å²) in [7, 11) is 0. The van der Waals surface area contributed by atoms with Crippen molar-refractivity contribution in [2.45, 2.75) is 31.2 Å². The number of carbonyl (C=O) groups excluding carboxylic acids is 1. The van der Waals surface area contributed by atoms with Gasteiger partial charge in [-0.15, -0.1) is 12.4 Å². The summed E-state index contributed by atoms with van der Waals surface area (Å²) in [5.41, 5.74) is 7.56. The highest BCUT2D eigenvalue weighted by atomic mass is 35.5. The summed E-state index contributed by atoms with van der Waals surface area (Å²) in [6.45, 7) is 1.32. The van der Waals surface area contributed by atoms with Crippen LogP contribution in [0.25, 0.3) is 11.4 Å². The van der Waals surface area contributed by atoms with Gasteiger partial charge < -0.3 is 19.9 Å². The zero-order valence-corrected chi connectivity index (χ0v) is 14.7. The molecule has 2 atom stereocenters. The number of fused-ring (bicyclic) bond motifs is 1. The molecule has 1 amide bonds. The summed E-state index contributed by atoms with van der Waals surface area (Å²) >= 11 is 0. The maximum atomic E-state index is 12.8. The first-order valence-corrected chi connectivity index (χ1v) is 8.03. The van der Waals surface area contributed by atoms with E-state index < -0.39 is 12.1 Å². The van der Waals surface area contributed by atoms with Crippen LogP contribution in [0.15, 0.2) is 22.7 Å². The molecule has 0 spiro atoms. The zero-order chi connectivity index (χ0) is 18.5. The fourth-order valence-corrected chi connectivity index (χ4v) is 3.25. The van der Waals surface area contributed by atoms with E-state index in [-0.39, 0.29) is 41.8 Å². The van der Waals surface area contributed by atoms with Gasteiger partial charge in [-0.1, -0.05) is 17.3 Å². The molecule has 2 aliphatic heterocycles. The minimum absolute atomic E-state index is 0. The molecule has 11 heteroatoms. The fraction of sp³-hybridized carbons (Fsp3) is 0.438. The van der Waals surface area contributed by atoms with Gasteiger partial charge in [-0.25, -0.2) is 0 Å². The summed E-state index contributed by atoms with van der Waals surface area (Å²) in [4.78, 5) is 17.8. The third-order valence-corrected chi connectivity index (χ3v) is 4.65. The Kier molecular flexibility index (Phi) is 5.15. The normalized spacial score (nSPS) is 22.5. The Morgan fingerprint density at radius 3 is 2.74 bits per heavy atom. The minimum atomic E-state index is -4.72. The van der Waals surface area contributed by atoms with E-state index in [1.165, 1.54) is 6.07 Å². The second kappa shape index (κ2) is 7.10. The molecule has 0 saturated carbocycles. The van der Waals surface area contributed by atoms with Crippen molar-refractivity contribution in [1.82, 2.24) is 15.0 Å². The molecule has 2 N–H and O–H groups in total. The second-order valence-corrected chi connectivity index (χ2v) is 6.32. The number of rotatable bonds is 2. The van der Waals surface area contributed by atoms with Gasteiger partial charge in [0.05, 0.1) is 12.6 Å². The van der Waals surface area contributed by atoms with Gasteiger partial charge in [-0.05, 0) is 18.1 Å². The first-order chi connectivity index (χ1) is 12.3. The smallest absolute Gasteiger partial charge is 0.379 e. The number of nitrogens with two attached hydrogens (primary N) is 1. The van der Waals surface area contributed by atoms with E-state index in [1.54, 1.807) is 17.0 Å². The van der Waals surface area contributed by atoms with Crippen LogP contribution in [0, 0.1) is 0 Å². The van der Waals surface area contributed by atoms with Crippen molar-refractivity contribution >= 4 is 18.3 Å². The highest BCUT2D eigenvalue weighted by molar-refractivity contribution is 5.99. The largest absolute Gasteiger partial charge is 0.471 e. The van der Waals surface area contributed by atoms with E-state index >= 15 is 0 Å². The highest BCUT2D eigenvalue weighted by Gasteiger charge is 2.39. The van der Waals surface area contributed by atoms with Crippen LogP contribution < -0.4 is 5.73 Å². The Morgan fingerprint density at radius 2 is 2.07 bits per heavy atom. The molecule has 1 saturated heterocycles. The standard InChI is InChI=1S/C16H15F3N4O3.ClH/c17-16(18,19)15-21-13(22-26-15)8-1-2-9-6-23(14(24)10(9)5-8)12-7-25-4-3-11(12)20;/h1-2,5,11-12H,3-4,6-7,20H2;1H/t11-,12-;/m1./s1. The number of amides is 1. The Hall–Kier alpha value is -2.17. The molecule has 2 aromatic rings. The Bertz CT molecular complexity index is 858. The first kappa shape index (κ1) is 19.6. The van der Waals surface area contributed by atoms with Gasteiger partial charge in [0, 0.05) is 30.3 Å². The van der Waals surface area contributed by atoms with Crippen molar-refractivity contribution in [1.29, 1.82) is 0 Å². The summed E-state index contributed by atoms with van der Waals surface area (Å²) in [6, 6.07) is 4.33. The van der Waals surface area contributed by atoms with Crippen molar-refractivity contribution in [3.05, 3.63) is 35.2 Å². The maximum absolute atomic E-state index is 12.8. The van der Waals surface area contributed by atoms with E-state index in [0.29, 0.717) is 31.7 Å². The molecule has 146 valence electrons. The van der Waals surface area contributed by atoms with Crippen molar-refractivity contribution < 1.29 is 27.2 Å².